The summed E-state index contributed by atoms with van der Waals surface area (Å²) in [6.07, 6.45) is 13.0. The van der Waals surface area contributed by atoms with Gasteiger partial charge in [0.1, 0.15) is 0 Å². The molecule has 0 fully saturated rings. The van der Waals surface area contributed by atoms with E-state index in [9.17, 15) is 0 Å². The molecule has 120 valence electrons. The molecule has 0 unspecified atom stereocenters. The molecule has 23 heavy (non-hydrogen) atoms. The molecule has 0 spiro atoms. The summed E-state index contributed by atoms with van der Waals surface area (Å²) in [4.78, 5) is 0. The van der Waals surface area contributed by atoms with E-state index in [0.29, 0.717) is 13.2 Å². The first-order chi connectivity index (χ1) is 11.4. The first-order valence-corrected chi connectivity index (χ1v) is 8.41. The van der Waals surface area contributed by atoms with Gasteiger partial charge >= 0.3 is 0 Å². The van der Waals surface area contributed by atoms with E-state index in [0.717, 1.165) is 25.7 Å². The molecule has 0 saturated heterocycles. The molecule has 0 heterocycles. The zero-order chi connectivity index (χ0) is 16.0. The van der Waals surface area contributed by atoms with Gasteiger partial charge in [0.2, 0.25) is 0 Å². The Morgan fingerprint density at radius 1 is 0.565 bits per heavy atom. The van der Waals surface area contributed by atoms with Gasteiger partial charge in [-0.2, -0.15) is 0 Å². The number of hydrogen-bond donors (Lipinski definition) is 0. The molecule has 0 saturated carbocycles. The third-order valence-electron chi connectivity index (χ3n) is 3.65. The predicted molar refractivity (Wildman–Crippen MR) is 98.6 cm³/mol. The van der Waals surface area contributed by atoms with Crippen LogP contribution in [0.15, 0.2) is 85.0 Å². The highest BCUT2D eigenvalue weighted by molar-refractivity contribution is 5.16. The van der Waals surface area contributed by atoms with Crippen molar-refractivity contribution in [2.24, 2.45) is 0 Å². The molecule has 0 aliphatic heterocycles. The molecule has 2 aromatic carbocycles. The summed E-state index contributed by atoms with van der Waals surface area (Å²) >= 11 is 0. The second kappa shape index (κ2) is 11.4. The van der Waals surface area contributed by atoms with Gasteiger partial charge < -0.3 is 4.74 Å². The van der Waals surface area contributed by atoms with Gasteiger partial charge in [-0.15, -0.1) is 0 Å². The fourth-order valence-corrected chi connectivity index (χ4v) is 2.37. The van der Waals surface area contributed by atoms with E-state index in [1.807, 2.05) is 0 Å². The number of benzene rings is 2. The van der Waals surface area contributed by atoms with E-state index in [4.69, 9.17) is 4.74 Å². The quantitative estimate of drug-likeness (QED) is 0.423. The second-order valence-electron chi connectivity index (χ2n) is 5.53. The molecular formula is C22H26O. The topological polar surface area (TPSA) is 9.23 Å². The standard InChI is InChI=1S/C22H26O/c1-5-13-21(14-6-1)17-9-3-11-19-23-20-12-4-10-18-22-15-7-2-8-16-22/h1-8,11-16H,9-10,17-20H2. The molecule has 1 heteroatoms. The Bertz CT molecular complexity index is 516. The fourth-order valence-electron chi connectivity index (χ4n) is 2.37. The Morgan fingerprint density at radius 3 is 1.43 bits per heavy atom. The zero-order valence-electron chi connectivity index (χ0n) is 13.7. The van der Waals surface area contributed by atoms with Crippen LogP contribution < -0.4 is 0 Å². The molecule has 0 aliphatic carbocycles. The molecule has 0 atom stereocenters. The smallest absolute Gasteiger partial charge is 0.0651 e. The van der Waals surface area contributed by atoms with Crippen molar-refractivity contribution in [2.75, 3.05) is 13.2 Å². The van der Waals surface area contributed by atoms with Crippen LogP contribution in [0.2, 0.25) is 0 Å². The average Bonchev–Trinajstić information content (AvgIpc) is 2.61. The van der Waals surface area contributed by atoms with Crippen LogP contribution in [0.4, 0.5) is 0 Å². The first-order valence-electron chi connectivity index (χ1n) is 8.41. The van der Waals surface area contributed by atoms with Crippen molar-refractivity contribution in [1.82, 2.24) is 0 Å². The van der Waals surface area contributed by atoms with Gasteiger partial charge in [-0.05, 0) is 36.8 Å². The maximum Gasteiger partial charge on any atom is 0.0651 e. The highest BCUT2D eigenvalue weighted by Gasteiger charge is 1.89. The molecule has 0 radical (unpaired) electrons. The Kier molecular flexibility index (Phi) is 8.58. The number of hydrogen-bond acceptors (Lipinski definition) is 1. The summed E-state index contributed by atoms with van der Waals surface area (Å²) < 4.78 is 5.56. The lowest BCUT2D eigenvalue weighted by Gasteiger charge is -1.98. The van der Waals surface area contributed by atoms with Crippen LogP contribution in [-0.2, 0) is 17.6 Å². The molecule has 0 bridgehead atoms. The summed E-state index contributed by atoms with van der Waals surface area (Å²) in [5.74, 6) is 0. The zero-order valence-corrected chi connectivity index (χ0v) is 13.7. The Morgan fingerprint density at radius 2 is 1.00 bits per heavy atom. The second-order valence-corrected chi connectivity index (χ2v) is 5.53. The molecule has 0 aliphatic rings. The van der Waals surface area contributed by atoms with E-state index >= 15 is 0 Å². The minimum Gasteiger partial charge on any atom is -0.373 e. The van der Waals surface area contributed by atoms with Crippen molar-refractivity contribution in [3.8, 4) is 0 Å². The van der Waals surface area contributed by atoms with Gasteiger partial charge in [-0.25, -0.2) is 0 Å². The van der Waals surface area contributed by atoms with Gasteiger partial charge in [-0.1, -0.05) is 85.0 Å². The average molecular weight is 306 g/mol. The van der Waals surface area contributed by atoms with Crippen molar-refractivity contribution >= 4 is 0 Å². The van der Waals surface area contributed by atoms with E-state index in [1.165, 1.54) is 11.1 Å². The van der Waals surface area contributed by atoms with Crippen molar-refractivity contribution < 1.29 is 4.74 Å². The third-order valence-corrected chi connectivity index (χ3v) is 3.65. The van der Waals surface area contributed by atoms with Gasteiger partial charge in [0, 0.05) is 0 Å². The fraction of sp³-hybridized carbons (Fsp3) is 0.273. The summed E-state index contributed by atoms with van der Waals surface area (Å²) in [5.41, 5.74) is 2.78. The van der Waals surface area contributed by atoms with E-state index < -0.39 is 0 Å². The van der Waals surface area contributed by atoms with Crippen molar-refractivity contribution in [2.45, 2.75) is 25.7 Å². The maximum atomic E-state index is 5.56. The highest BCUT2D eigenvalue weighted by Crippen LogP contribution is 2.03. The lowest BCUT2D eigenvalue weighted by Crippen LogP contribution is -1.91. The van der Waals surface area contributed by atoms with Crippen LogP contribution in [0.3, 0.4) is 0 Å². The minimum absolute atomic E-state index is 0.692. The van der Waals surface area contributed by atoms with E-state index in [1.54, 1.807) is 0 Å². The van der Waals surface area contributed by atoms with Crippen LogP contribution in [0, 0.1) is 0 Å². The Hall–Kier alpha value is -2.12. The highest BCUT2D eigenvalue weighted by atomic mass is 16.5. The normalized spacial score (nSPS) is 11.5. The van der Waals surface area contributed by atoms with Gasteiger partial charge in [0.05, 0.1) is 13.2 Å². The minimum atomic E-state index is 0.692. The maximum absolute atomic E-state index is 5.56. The van der Waals surface area contributed by atoms with Crippen LogP contribution in [0.1, 0.15) is 24.0 Å². The van der Waals surface area contributed by atoms with Crippen LogP contribution in [0.5, 0.6) is 0 Å². The summed E-state index contributed by atoms with van der Waals surface area (Å²) in [6.45, 7) is 1.38. The van der Waals surface area contributed by atoms with Crippen LogP contribution in [0.25, 0.3) is 0 Å². The molecule has 0 aromatic heterocycles. The largest absolute Gasteiger partial charge is 0.373 e. The number of ether oxygens (including phenoxy) is 1. The van der Waals surface area contributed by atoms with Gasteiger partial charge in [0.15, 0.2) is 0 Å². The SMILES string of the molecule is C(=CCOCC=CCCc1ccccc1)CCc1ccccc1. The number of allylic oxidation sites excluding steroid dienone is 2. The Labute approximate surface area is 140 Å². The number of rotatable bonds is 10. The van der Waals surface area contributed by atoms with E-state index in [2.05, 4.69) is 85.0 Å². The van der Waals surface area contributed by atoms with Crippen molar-refractivity contribution in [3.63, 3.8) is 0 Å². The predicted octanol–water partition coefficient (Wildman–Crippen LogP) is 5.38. The van der Waals surface area contributed by atoms with Gasteiger partial charge in [0.25, 0.3) is 0 Å². The van der Waals surface area contributed by atoms with E-state index in [-0.39, 0.29) is 0 Å². The molecule has 2 rings (SSSR count). The third kappa shape index (κ3) is 8.18. The van der Waals surface area contributed by atoms with Gasteiger partial charge in [-0.3, -0.25) is 0 Å². The molecule has 0 N–H and O–H groups in total. The van der Waals surface area contributed by atoms with Crippen LogP contribution in [-0.4, -0.2) is 13.2 Å². The van der Waals surface area contributed by atoms with Crippen molar-refractivity contribution in [1.29, 1.82) is 0 Å². The lowest BCUT2D eigenvalue weighted by atomic mass is 10.1. The Balaban J connectivity index is 1.46. The molecular weight excluding hydrogens is 280 g/mol. The van der Waals surface area contributed by atoms with Crippen molar-refractivity contribution in [3.05, 3.63) is 96.1 Å². The molecule has 1 nitrogen and oxygen atoms in total. The molecule has 2 aromatic rings. The summed E-state index contributed by atoms with van der Waals surface area (Å²) in [5, 5.41) is 0. The van der Waals surface area contributed by atoms with Crippen LogP contribution >= 0.6 is 0 Å². The first kappa shape index (κ1) is 17.2. The number of aryl methyl sites for hydroxylation is 2. The molecule has 0 amide bonds. The summed E-state index contributed by atoms with van der Waals surface area (Å²) in [6, 6.07) is 21.2. The lowest BCUT2D eigenvalue weighted by molar-refractivity contribution is 0.193. The monoisotopic (exact) mass is 306 g/mol. The summed E-state index contributed by atoms with van der Waals surface area (Å²) in [7, 11) is 0.